The highest BCUT2D eigenvalue weighted by atomic mass is 19.2. The van der Waals surface area contributed by atoms with Crippen molar-refractivity contribution in [3.63, 3.8) is 0 Å². The molecule has 0 aromatic heterocycles. The summed E-state index contributed by atoms with van der Waals surface area (Å²) in [5.41, 5.74) is -1.02. The van der Waals surface area contributed by atoms with E-state index < -0.39 is 41.0 Å². The van der Waals surface area contributed by atoms with Gasteiger partial charge in [-0.25, -0.2) is 18.0 Å². The lowest BCUT2D eigenvalue weighted by Crippen LogP contribution is -2.43. The van der Waals surface area contributed by atoms with Gasteiger partial charge in [-0.05, 0) is 45.7 Å². The molecule has 7 heteroatoms. The van der Waals surface area contributed by atoms with E-state index in [4.69, 9.17) is 4.74 Å². The van der Waals surface area contributed by atoms with Crippen LogP contribution in [0.4, 0.5) is 18.0 Å². The molecule has 1 fully saturated rings. The molecule has 1 aromatic rings. The van der Waals surface area contributed by atoms with E-state index in [1.54, 1.807) is 20.8 Å². The Morgan fingerprint density at radius 1 is 1.17 bits per heavy atom. The summed E-state index contributed by atoms with van der Waals surface area (Å²) in [6, 6.07) is 0.424. The van der Waals surface area contributed by atoms with Gasteiger partial charge in [0.15, 0.2) is 23.2 Å². The van der Waals surface area contributed by atoms with Gasteiger partial charge in [0.1, 0.15) is 5.60 Å². The Bertz CT molecular complexity index is 617. The molecule has 0 unspecified atom stereocenters. The molecule has 0 bridgehead atoms. The maximum absolute atomic E-state index is 13.3. The maximum Gasteiger partial charge on any atom is 0.410 e. The van der Waals surface area contributed by atoms with Gasteiger partial charge in [0.2, 0.25) is 0 Å². The van der Waals surface area contributed by atoms with Gasteiger partial charge >= 0.3 is 6.09 Å². The SMILES string of the molecule is CC(C)(C)OC(=O)N1CCC[C@H]1C(=O)c1cc(F)c(F)c(F)c1. The number of amides is 1. The Morgan fingerprint density at radius 3 is 2.26 bits per heavy atom. The van der Waals surface area contributed by atoms with Crippen molar-refractivity contribution < 1.29 is 27.5 Å². The molecular weight excluding hydrogens is 311 g/mol. The molecule has 1 aliphatic heterocycles. The van der Waals surface area contributed by atoms with Crippen LogP contribution in [-0.4, -0.2) is 35.0 Å². The molecule has 23 heavy (non-hydrogen) atoms. The third-order valence-electron chi connectivity index (χ3n) is 3.45. The standard InChI is InChI=1S/C16H18F3NO3/c1-16(2,3)23-15(22)20-6-4-5-12(20)14(21)9-7-10(17)13(19)11(18)8-9/h7-8,12H,4-6H2,1-3H3/t12-/m0/s1. The van der Waals surface area contributed by atoms with Crippen molar-refractivity contribution in [3.05, 3.63) is 35.1 Å². The average molecular weight is 329 g/mol. The number of nitrogens with zero attached hydrogens (tertiary/aromatic N) is 1. The van der Waals surface area contributed by atoms with Crippen molar-refractivity contribution in [2.75, 3.05) is 6.54 Å². The molecule has 0 radical (unpaired) electrons. The summed E-state index contributed by atoms with van der Waals surface area (Å²) in [5, 5.41) is 0. The summed E-state index contributed by atoms with van der Waals surface area (Å²) in [7, 11) is 0. The Morgan fingerprint density at radius 2 is 1.74 bits per heavy atom. The first-order valence-electron chi connectivity index (χ1n) is 7.28. The average Bonchev–Trinajstić information content (AvgIpc) is 2.91. The van der Waals surface area contributed by atoms with E-state index in [1.165, 1.54) is 4.90 Å². The fourth-order valence-corrected chi connectivity index (χ4v) is 2.47. The van der Waals surface area contributed by atoms with Gasteiger partial charge in [0.25, 0.3) is 0 Å². The van der Waals surface area contributed by atoms with Crippen molar-refractivity contribution in [2.45, 2.75) is 45.3 Å². The molecule has 126 valence electrons. The minimum atomic E-state index is -1.63. The lowest BCUT2D eigenvalue weighted by molar-refractivity contribution is 0.0222. The van der Waals surface area contributed by atoms with E-state index >= 15 is 0 Å². The number of hydrogen-bond acceptors (Lipinski definition) is 3. The fraction of sp³-hybridized carbons (Fsp3) is 0.500. The second-order valence-electron chi connectivity index (χ2n) is 6.45. The first-order chi connectivity index (χ1) is 10.6. The summed E-state index contributed by atoms with van der Waals surface area (Å²) in [4.78, 5) is 25.8. The van der Waals surface area contributed by atoms with Crippen LogP contribution >= 0.6 is 0 Å². The number of ether oxygens (including phenoxy) is 1. The van der Waals surface area contributed by atoms with Crippen LogP contribution < -0.4 is 0 Å². The third kappa shape index (κ3) is 3.83. The largest absolute Gasteiger partial charge is 0.444 e. The number of hydrogen-bond donors (Lipinski definition) is 0. The number of likely N-dealkylation sites (tertiary alicyclic amines) is 1. The Hall–Kier alpha value is -2.05. The Balaban J connectivity index is 2.23. The van der Waals surface area contributed by atoms with E-state index in [9.17, 15) is 22.8 Å². The van der Waals surface area contributed by atoms with Crippen molar-refractivity contribution in [2.24, 2.45) is 0 Å². The maximum atomic E-state index is 13.3. The molecule has 4 nitrogen and oxygen atoms in total. The van der Waals surface area contributed by atoms with Gasteiger partial charge in [-0.15, -0.1) is 0 Å². The summed E-state index contributed by atoms with van der Waals surface area (Å²) in [6.07, 6.45) is 0.275. The Labute approximate surface area is 132 Å². The van der Waals surface area contributed by atoms with Gasteiger partial charge in [0, 0.05) is 12.1 Å². The molecule has 2 rings (SSSR count). The monoisotopic (exact) mass is 329 g/mol. The normalized spacial score (nSPS) is 18.2. The van der Waals surface area contributed by atoms with Crippen LogP contribution in [0, 0.1) is 17.5 Å². The van der Waals surface area contributed by atoms with Crippen LogP contribution in [0.1, 0.15) is 44.0 Å². The molecule has 1 aliphatic rings. The summed E-state index contributed by atoms with van der Waals surface area (Å²) >= 11 is 0. The zero-order valence-electron chi connectivity index (χ0n) is 13.2. The molecule has 1 atom stereocenters. The molecular formula is C16H18F3NO3. The number of carbonyl (C=O) groups is 2. The molecule has 0 spiro atoms. The van der Waals surface area contributed by atoms with Crippen LogP contribution in [0.2, 0.25) is 0 Å². The predicted molar refractivity (Wildman–Crippen MR) is 76.6 cm³/mol. The van der Waals surface area contributed by atoms with Crippen LogP contribution in [0.5, 0.6) is 0 Å². The second kappa shape index (κ2) is 6.22. The lowest BCUT2D eigenvalue weighted by atomic mass is 10.0. The number of halogens is 3. The molecule has 1 amide bonds. The van der Waals surface area contributed by atoms with Gasteiger partial charge < -0.3 is 4.74 Å². The first-order valence-corrected chi connectivity index (χ1v) is 7.28. The summed E-state index contributed by atoms with van der Waals surface area (Å²) < 4.78 is 44.8. The highest BCUT2D eigenvalue weighted by Crippen LogP contribution is 2.25. The number of benzene rings is 1. The summed E-state index contributed by atoms with van der Waals surface area (Å²) in [5.74, 6) is -5.13. The van der Waals surface area contributed by atoms with Gasteiger partial charge in [-0.3, -0.25) is 9.69 Å². The van der Waals surface area contributed by atoms with E-state index in [0.717, 1.165) is 0 Å². The lowest BCUT2D eigenvalue weighted by Gasteiger charge is -2.28. The molecule has 1 saturated heterocycles. The minimum absolute atomic E-state index is 0.304. The molecule has 0 N–H and O–H groups in total. The zero-order valence-corrected chi connectivity index (χ0v) is 13.2. The second-order valence-corrected chi connectivity index (χ2v) is 6.45. The van der Waals surface area contributed by atoms with Crippen LogP contribution in [0.25, 0.3) is 0 Å². The fourth-order valence-electron chi connectivity index (χ4n) is 2.47. The van der Waals surface area contributed by atoms with Crippen molar-refractivity contribution in [3.8, 4) is 0 Å². The molecule has 0 aliphatic carbocycles. The topological polar surface area (TPSA) is 46.6 Å². The molecule has 1 aromatic carbocycles. The third-order valence-corrected chi connectivity index (χ3v) is 3.45. The summed E-state index contributed by atoms with van der Waals surface area (Å²) in [6.45, 7) is 5.41. The highest BCUT2D eigenvalue weighted by Gasteiger charge is 2.37. The predicted octanol–water partition coefficient (Wildman–Crippen LogP) is 3.69. The van der Waals surface area contributed by atoms with E-state index in [1.807, 2.05) is 0 Å². The first kappa shape index (κ1) is 17.3. The van der Waals surface area contributed by atoms with Gasteiger partial charge in [0.05, 0.1) is 6.04 Å². The van der Waals surface area contributed by atoms with Crippen LogP contribution in [0.15, 0.2) is 12.1 Å². The Kier molecular flexibility index (Phi) is 4.68. The van der Waals surface area contributed by atoms with Crippen molar-refractivity contribution >= 4 is 11.9 Å². The van der Waals surface area contributed by atoms with Crippen molar-refractivity contribution in [1.82, 2.24) is 4.90 Å². The minimum Gasteiger partial charge on any atom is -0.444 e. The smallest absolute Gasteiger partial charge is 0.410 e. The number of ketones is 1. The molecule has 0 saturated carbocycles. The quantitative estimate of drug-likeness (QED) is 0.614. The zero-order chi connectivity index (χ0) is 17.4. The van der Waals surface area contributed by atoms with Crippen molar-refractivity contribution in [1.29, 1.82) is 0 Å². The van der Waals surface area contributed by atoms with Crippen LogP contribution in [-0.2, 0) is 4.74 Å². The van der Waals surface area contributed by atoms with E-state index in [0.29, 0.717) is 31.5 Å². The molecule has 1 heterocycles. The van der Waals surface area contributed by atoms with E-state index in [2.05, 4.69) is 0 Å². The number of carbonyl (C=O) groups excluding carboxylic acids is 2. The number of rotatable bonds is 2. The van der Waals surface area contributed by atoms with Crippen LogP contribution in [0.3, 0.4) is 0 Å². The highest BCUT2D eigenvalue weighted by molar-refractivity contribution is 6.01. The number of Topliss-reactive ketones (excluding diaryl/α,β-unsaturated/α-hetero) is 1. The van der Waals surface area contributed by atoms with Gasteiger partial charge in [-0.2, -0.15) is 0 Å². The van der Waals surface area contributed by atoms with Gasteiger partial charge in [-0.1, -0.05) is 0 Å². The van der Waals surface area contributed by atoms with E-state index in [-0.39, 0.29) is 5.56 Å².